The molecule has 0 fully saturated rings. The topological polar surface area (TPSA) is 25.2 Å². The molecule has 2 nitrogen and oxygen atoms in total. The predicted molar refractivity (Wildman–Crippen MR) is 109 cm³/mol. The van der Waals surface area contributed by atoms with Crippen molar-refractivity contribution in [3.8, 4) is 11.1 Å². The fourth-order valence-electron chi connectivity index (χ4n) is 3.43. The maximum atomic E-state index is 6.15. The molecular formula is C24H17NO. The van der Waals surface area contributed by atoms with Gasteiger partial charge in [-0.05, 0) is 41.5 Å². The minimum absolute atomic E-state index is 0.894. The lowest BCUT2D eigenvalue weighted by Crippen LogP contribution is -1.91. The minimum Gasteiger partial charge on any atom is -0.456 e. The van der Waals surface area contributed by atoms with E-state index in [1.165, 1.54) is 5.56 Å². The minimum atomic E-state index is 0.894. The van der Waals surface area contributed by atoms with Gasteiger partial charge in [0.15, 0.2) is 0 Å². The molecule has 2 heteroatoms. The smallest absolute Gasteiger partial charge is 0.138 e. The Morgan fingerprint density at radius 1 is 0.577 bits per heavy atom. The van der Waals surface area contributed by atoms with Crippen molar-refractivity contribution in [1.82, 2.24) is 0 Å². The number of para-hydroxylation sites is 2. The monoisotopic (exact) mass is 335 g/mol. The van der Waals surface area contributed by atoms with E-state index < -0.39 is 0 Å². The van der Waals surface area contributed by atoms with Crippen LogP contribution in [0.4, 0.5) is 11.4 Å². The van der Waals surface area contributed by atoms with E-state index in [4.69, 9.17) is 4.42 Å². The Hall–Kier alpha value is -3.52. The van der Waals surface area contributed by atoms with Gasteiger partial charge in [0, 0.05) is 11.1 Å². The third-order valence-corrected chi connectivity index (χ3v) is 4.64. The van der Waals surface area contributed by atoms with Gasteiger partial charge in [-0.15, -0.1) is 0 Å². The highest BCUT2D eigenvalue weighted by Gasteiger charge is 2.13. The first-order valence-corrected chi connectivity index (χ1v) is 8.71. The van der Waals surface area contributed by atoms with Crippen molar-refractivity contribution in [1.29, 1.82) is 0 Å². The van der Waals surface area contributed by atoms with Crippen LogP contribution in [0.2, 0.25) is 0 Å². The number of hydrogen-bond acceptors (Lipinski definition) is 2. The summed E-state index contributed by atoms with van der Waals surface area (Å²) in [6.45, 7) is 0. The molecular weight excluding hydrogens is 318 g/mol. The molecule has 0 spiro atoms. The lowest BCUT2D eigenvalue weighted by atomic mass is 10.0. The third kappa shape index (κ3) is 2.52. The molecule has 0 saturated heterocycles. The molecule has 0 aliphatic rings. The molecule has 124 valence electrons. The number of anilines is 2. The Morgan fingerprint density at radius 3 is 2.08 bits per heavy atom. The summed E-state index contributed by atoms with van der Waals surface area (Å²) in [6.07, 6.45) is 0. The van der Waals surface area contributed by atoms with E-state index >= 15 is 0 Å². The Labute approximate surface area is 151 Å². The molecule has 0 amide bonds. The summed E-state index contributed by atoms with van der Waals surface area (Å²) in [5.74, 6) is 0. The number of furan rings is 1. The van der Waals surface area contributed by atoms with Gasteiger partial charge < -0.3 is 9.73 Å². The molecule has 0 bridgehead atoms. The van der Waals surface area contributed by atoms with E-state index in [0.29, 0.717) is 0 Å². The van der Waals surface area contributed by atoms with Crippen LogP contribution in [-0.4, -0.2) is 0 Å². The van der Waals surface area contributed by atoms with Gasteiger partial charge in [-0.25, -0.2) is 0 Å². The molecule has 1 N–H and O–H groups in total. The van der Waals surface area contributed by atoms with Crippen molar-refractivity contribution in [3.05, 3.63) is 97.1 Å². The van der Waals surface area contributed by atoms with Crippen molar-refractivity contribution < 1.29 is 4.42 Å². The first-order chi connectivity index (χ1) is 12.9. The standard InChI is InChI=1S/C24H17NO/c1-3-9-17(10-4-1)18-15-21(25-19-11-5-2-6-12-19)24-20-13-7-8-14-22(20)26-23(24)16-18/h1-16,25H. The molecule has 26 heavy (non-hydrogen) atoms. The fraction of sp³-hybridized carbons (Fsp3) is 0. The molecule has 0 radical (unpaired) electrons. The second kappa shape index (κ2) is 6.08. The molecule has 1 heterocycles. The van der Waals surface area contributed by atoms with E-state index in [1.807, 2.05) is 36.4 Å². The molecule has 0 atom stereocenters. The summed E-state index contributed by atoms with van der Waals surface area (Å²) in [6, 6.07) is 33.1. The van der Waals surface area contributed by atoms with Crippen molar-refractivity contribution in [2.45, 2.75) is 0 Å². The molecule has 4 aromatic carbocycles. The lowest BCUT2D eigenvalue weighted by molar-refractivity contribution is 0.669. The van der Waals surface area contributed by atoms with Crippen molar-refractivity contribution in [2.75, 3.05) is 5.32 Å². The number of nitrogens with one attached hydrogen (secondary N) is 1. The van der Waals surface area contributed by atoms with Crippen LogP contribution in [0.15, 0.2) is 101 Å². The highest BCUT2D eigenvalue weighted by molar-refractivity contribution is 6.13. The first-order valence-electron chi connectivity index (χ1n) is 8.71. The van der Waals surface area contributed by atoms with Crippen LogP contribution in [0.3, 0.4) is 0 Å². The van der Waals surface area contributed by atoms with Gasteiger partial charge in [-0.1, -0.05) is 66.7 Å². The van der Waals surface area contributed by atoms with Crippen molar-refractivity contribution in [2.24, 2.45) is 0 Å². The maximum Gasteiger partial charge on any atom is 0.138 e. The number of benzene rings is 4. The van der Waals surface area contributed by atoms with Gasteiger partial charge in [-0.2, -0.15) is 0 Å². The van der Waals surface area contributed by atoms with Gasteiger partial charge >= 0.3 is 0 Å². The first kappa shape index (κ1) is 14.8. The maximum absolute atomic E-state index is 6.15. The van der Waals surface area contributed by atoms with Crippen LogP contribution in [0.25, 0.3) is 33.1 Å². The average Bonchev–Trinajstić information content (AvgIpc) is 3.08. The summed E-state index contributed by atoms with van der Waals surface area (Å²) < 4.78 is 6.15. The Bertz CT molecular complexity index is 1190. The number of rotatable bonds is 3. The summed E-state index contributed by atoms with van der Waals surface area (Å²) in [4.78, 5) is 0. The zero-order valence-electron chi connectivity index (χ0n) is 14.1. The highest BCUT2D eigenvalue weighted by atomic mass is 16.3. The van der Waals surface area contributed by atoms with Gasteiger partial charge in [0.25, 0.3) is 0 Å². The number of hydrogen-bond donors (Lipinski definition) is 1. The Kier molecular flexibility index (Phi) is 3.46. The van der Waals surface area contributed by atoms with Crippen LogP contribution >= 0.6 is 0 Å². The molecule has 0 aliphatic heterocycles. The van der Waals surface area contributed by atoms with Crippen LogP contribution in [0.5, 0.6) is 0 Å². The van der Waals surface area contributed by atoms with E-state index in [2.05, 4.69) is 66.0 Å². The zero-order valence-corrected chi connectivity index (χ0v) is 14.1. The van der Waals surface area contributed by atoms with E-state index in [0.717, 1.165) is 38.9 Å². The fourth-order valence-corrected chi connectivity index (χ4v) is 3.43. The van der Waals surface area contributed by atoms with Gasteiger partial charge in [-0.3, -0.25) is 0 Å². The molecule has 0 saturated carbocycles. The van der Waals surface area contributed by atoms with Crippen molar-refractivity contribution >= 4 is 33.3 Å². The van der Waals surface area contributed by atoms with Crippen molar-refractivity contribution in [3.63, 3.8) is 0 Å². The van der Waals surface area contributed by atoms with Crippen LogP contribution in [0.1, 0.15) is 0 Å². The largest absolute Gasteiger partial charge is 0.456 e. The van der Waals surface area contributed by atoms with Crippen LogP contribution < -0.4 is 5.32 Å². The van der Waals surface area contributed by atoms with E-state index in [-0.39, 0.29) is 0 Å². The molecule has 5 rings (SSSR count). The summed E-state index contributed by atoms with van der Waals surface area (Å²) in [5.41, 5.74) is 6.22. The van der Waals surface area contributed by atoms with Gasteiger partial charge in [0.05, 0.1) is 11.1 Å². The summed E-state index contributed by atoms with van der Waals surface area (Å²) in [5, 5.41) is 5.82. The second-order valence-electron chi connectivity index (χ2n) is 6.35. The van der Waals surface area contributed by atoms with Crippen LogP contribution in [0, 0.1) is 0 Å². The molecule has 0 aliphatic carbocycles. The van der Waals surface area contributed by atoms with Crippen LogP contribution in [-0.2, 0) is 0 Å². The normalized spacial score (nSPS) is 11.1. The van der Waals surface area contributed by atoms with Gasteiger partial charge in [0.1, 0.15) is 11.2 Å². The van der Waals surface area contributed by atoms with Gasteiger partial charge in [0.2, 0.25) is 0 Å². The summed E-state index contributed by atoms with van der Waals surface area (Å²) in [7, 11) is 0. The Morgan fingerprint density at radius 2 is 1.27 bits per heavy atom. The van der Waals surface area contributed by atoms with E-state index in [1.54, 1.807) is 0 Å². The molecule has 0 unspecified atom stereocenters. The number of fused-ring (bicyclic) bond motifs is 3. The zero-order chi connectivity index (χ0) is 17.3. The molecule has 1 aromatic heterocycles. The predicted octanol–water partition coefficient (Wildman–Crippen LogP) is 7.00. The van der Waals surface area contributed by atoms with E-state index in [9.17, 15) is 0 Å². The average molecular weight is 335 g/mol. The second-order valence-corrected chi connectivity index (χ2v) is 6.35. The Balaban J connectivity index is 1.78. The highest BCUT2D eigenvalue weighted by Crippen LogP contribution is 2.38. The SMILES string of the molecule is c1ccc(Nc2cc(-c3ccccc3)cc3oc4ccccc4c23)cc1. The quantitative estimate of drug-likeness (QED) is 0.384. The third-order valence-electron chi connectivity index (χ3n) is 4.64. The molecule has 5 aromatic rings. The lowest BCUT2D eigenvalue weighted by Gasteiger charge is -2.11. The summed E-state index contributed by atoms with van der Waals surface area (Å²) >= 11 is 0.